The Hall–Kier alpha value is -2.51. The molecule has 3 heterocycles. The van der Waals surface area contributed by atoms with Crippen LogP contribution in [-0.2, 0) is 11.3 Å². The van der Waals surface area contributed by atoms with E-state index in [4.69, 9.17) is 0 Å². The number of anilines is 1. The van der Waals surface area contributed by atoms with Gasteiger partial charge >= 0.3 is 0 Å². The van der Waals surface area contributed by atoms with Gasteiger partial charge in [-0.15, -0.1) is 11.3 Å². The van der Waals surface area contributed by atoms with Crippen molar-refractivity contribution in [3.8, 4) is 0 Å². The van der Waals surface area contributed by atoms with Gasteiger partial charge < -0.3 is 5.32 Å². The molecule has 6 nitrogen and oxygen atoms in total. The van der Waals surface area contributed by atoms with Crippen LogP contribution in [0.25, 0.3) is 5.70 Å². The van der Waals surface area contributed by atoms with Crippen molar-refractivity contribution >= 4 is 34.0 Å². The number of likely N-dealkylation sites (tertiary alicyclic amines) is 1. The standard InChI is InChI=1S/C21H24N4O2S/c1-14-6-5-9-24(10-14)11-16-13-28-21(22-16)23-19(26)12-25-15(2)17-7-3-4-8-18(17)20(25)27/h3-4,7-8,13-14H,2,5-6,9-12H2,1H3,(H,22,23,26). The van der Waals surface area contributed by atoms with Gasteiger partial charge in [-0.2, -0.15) is 0 Å². The van der Waals surface area contributed by atoms with Gasteiger partial charge in [0.1, 0.15) is 6.54 Å². The molecule has 0 spiro atoms. The highest BCUT2D eigenvalue weighted by Crippen LogP contribution is 2.31. The van der Waals surface area contributed by atoms with Crippen LogP contribution in [0.1, 0.15) is 41.4 Å². The summed E-state index contributed by atoms with van der Waals surface area (Å²) in [6, 6.07) is 7.28. The van der Waals surface area contributed by atoms with Crippen LogP contribution in [0.5, 0.6) is 0 Å². The first-order valence-corrected chi connectivity index (χ1v) is 10.5. The Balaban J connectivity index is 1.34. The summed E-state index contributed by atoms with van der Waals surface area (Å²) in [5.74, 6) is 0.270. The lowest BCUT2D eigenvalue weighted by Crippen LogP contribution is -2.34. The van der Waals surface area contributed by atoms with Crippen molar-refractivity contribution in [3.63, 3.8) is 0 Å². The number of amides is 2. The third-order valence-corrected chi connectivity index (χ3v) is 6.07. The van der Waals surface area contributed by atoms with Gasteiger partial charge in [-0.05, 0) is 31.4 Å². The maximum atomic E-state index is 12.5. The van der Waals surface area contributed by atoms with E-state index in [1.807, 2.05) is 23.6 Å². The smallest absolute Gasteiger partial charge is 0.259 e. The molecule has 1 aromatic carbocycles. The van der Waals surface area contributed by atoms with Gasteiger partial charge in [0.05, 0.1) is 5.69 Å². The molecule has 4 rings (SSSR count). The second kappa shape index (κ2) is 7.85. The third kappa shape index (κ3) is 3.86. The van der Waals surface area contributed by atoms with E-state index in [-0.39, 0.29) is 18.4 Å². The number of thiazole rings is 1. The molecule has 0 aliphatic carbocycles. The number of carbonyl (C=O) groups excluding carboxylic acids is 2. The molecule has 28 heavy (non-hydrogen) atoms. The SMILES string of the molecule is C=C1c2ccccc2C(=O)N1CC(=O)Nc1nc(CN2CCCC(C)C2)cs1. The molecule has 7 heteroatoms. The zero-order valence-corrected chi connectivity index (χ0v) is 16.8. The minimum Gasteiger partial charge on any atom is -0.300 e. The summed E-state index contributed by atoms with van der Waals surface area (Å²) in [5, 5.41) is 5.38. The number of benzene rings is 1. The van der Waals surface area contributed by atoms with Crippen LogP contribution in [0.2, 0.25) is 0 Å². The first-order chi connectivity index (χ1) is 13.5. The summed E-state index contributed by atoms with van der Waals surface area (Å²) in [6.45, 7) is 9.20. The van der Waals surface area contributed by atoms with Crippen molar-refractivity contribution in [3.05, 3.63) is 53.0 Å². The monoisotopic (exact) mass is 396 g/mol. The predicted molar refractivity (Wildman–Crippen MR) is 111 cm³/mol. The van der Waals surface area contributed by atoms with Crippen molar-refractivity contribution in [1.29, 1.82) is 0 Å². The number of piperidine rings is 1. The van der Waals surface area contributed by atoms with Gasteiger partial charge in [-0.1, -0.05) is 31.7 Å². The Labute approximate surface area is 168 Å². The lowest BCUT2D eigenvalue weighted by atomic mass is 10.0. The number of nitrogens with zero attached hydrogens (tertiary/aromatic N) is 3. The van der Waals surface area contributed by atoms with Crippen LogP contribution in [0.4, 0.5) is 5.13 Å². The van der Waals surface area contributed by atoms with Crippen LogP contribution in [-0.4, -0.2) is 46.2 Å². The Morgan fingerprint density at radius 3 is 2.89 bits per heavy atom. The molecule has 2 amide bonds. The van der Waals surface area contributed by atoms with E-state index in [1.54, 1.807) is 6.07 Å². The molecule has 0 bridgehead atoms. The van der Waals surface area contributed by atoms with Crippen LogP contribution < -0.4 is 5.32 Å². The van der Waals surface area contributed by atoms with E-state index in [2.05, 4.69) is 28.7 Å². The van der Waals surface area contributed by atoms with Crippen molar-refractivity contribution in [2.75, 3.05) is 25.0 Å². The highest BCUT2D eigenvalue weighted by Gasteiger charge is 2.32. The zero-order valence-electron chi connectivity index (χ0n) is 16.0. The molecule has 0 saturated carbocycles. The minimum atomic E-state index is -0.269. The zero-order chi connectivity index (χ0) is 19.7. The number of carbonyl (C=O) groups is 2. The molecule has 1 fully saturated rings. The highest BCUT2D eigenvalue weighted by molar-refractivity contribution is 7.13. The molecule has 1 atom stereocenters. The van der Waals surface area contributed by atoms with E-state index in [0.717, 1.165) is 36.8 Å². The summed E-state index contributed by atoms with van der Waals surface area (Å²) in [7, 11) is 0. The van der Waals surface area contributed by atoms with Gasteiger partial charge in [0, 0.05) is 35.3 Å². The molecule has 1 aromatic heterocycles. The van der Waals surface area contributed by atoms with Gasteiger partial charge in [0.25, 0.3) is 5.91 Å². The molecule has 2 aliphatic rings. The molecular weight excluding hydrogens is 372 g/mol. The fourth-order valence-corrected chi connectivity index (χ4v) is 4.62. The fraction of sp³-hybridized carbons (Fsp3) is 0.381. The second-order valence-electron chi connectivity index (χ2n) is 7.56. The molecule has 1 unspecified atom stereocenters. The molecule has 0 radical (unpaired) electrons. The number of rotatable bonds is 5. The number of hydrogen-bond acceptors (Lipinski definition) is 5. The minimum absolute atomic E-state index is 0.0646. The van der Waals surface area contributed by atoms with Crippen LogP contribution in [0.15, 0.2) is 36.2 Å². The quantitative estimate of drug-likeness (QED) is 0.841. The summed E-state index contributed by atoms with van der Waals surface area (Å²) >= 11 is 1.42. The second-order valence-corrected chi connectivity index (χ2v) is 8.42. The number of fused-ring (bicyclic) bond motifs is 1. The van der Waals surface area contributed by atoms with E-state index >= 15 is 0 Å². The van der Waals surface area contributed by atoms with Gasteiger partial charge in [0.2, 0.25) is 5.91 Å². The highest BCUT2D eigenvalue weighted by atomic mass is 32.1. The number of hydrogen-bond donors (Lipinski definition) is 1. The largest absolute Gasteiger partial charge is 0.300 e. The van der Waals surface area contributed by atoms with Gasteiger partial charge in [-0.3, -0.25) is 19.4 Å². The van der Waals surface area contributed by atoms with Gasteiger partial charge in [0.15, 0.2) is 5.13 Å². The van der Waals surface area contributed by atoms with E-state index in [9.17, 15) is 9.59 Å². The Morgan fingerprint density at radius 1 is 1.36 bits per heavy atom. The molecule has 1 saturated heterocycles. The van der Waals surface area contributed by atoms with Crippen molar-refractivity contribution in [1.82, 2.24) is 14.8 Å². The number of nitrogens with one attached hydrogen (secondary N) is 1. The van der Waals surface area contributed by atoms with Crippen molar-refractivity contribution < 1.29 is 9.59 Å². The maximum Gasteiger partial charge on any atom is 0.259 e. The molecule has 1 N–H and O–H groups in total. The average Bonchev–Trinajstić information content (AvgIpc) is 3.20. The Kier molecular flexibility index (Phi) is 5.28. The van der Waals surface area contributed by atoms with Crippen LogP contribution >= 0.6 is 11.3 Å². The maximum absolute atomic E-state index is 12.5. The first kappa shape index (κ1) is 18.8. The lowest BCUT2D eigenvalue weighted by molar-refractivity contribution is -0.116. The molecule has 146 valence electrons. The Morgan fingerprint density at radius 2 is 2.14 bits per heavy atom. The third-order valence-electron chi connectivity index (χ3n) is 5.27. The van der Waals surface area contributed by atoms with E-state index in [0.29, 0.717) is 16.4 Å². The predicted octanol–water partition coefficient (Wildman–Crippen LogP) is 3.44. The lowest BCUT2D eigenvalue weighted by Gasteiger charge is -2.30. The van der Waals surface area contributed by atoms with Crippen LogP contribution in [0, 0.1) is 5.92 Å². The summed E-state index contributed by atoms with van der Waals surface area (Å²) < 4.78 is 0. The fourth-order valence-electron chi connectivity index (χ4n) is 3.90. The summed E-state index contributed by atoms with van der Waals surface area (Å²) in [5.41, 5.74) is 2.92. The molecular formula is C21H24N4O2S. The topological polar surface area (TPSA) is 65.5 Å². The van der Waals surface area contributed by atoms with E-state index < -0.39 is 0 Å². The Bertz CT molecular complexity index is 888. The van der Waals surface area contributed by atoms with Crippen molar-refractivity contribution in [2.45, 2.75) is 26.3 Å². The number of aromatic nitrogens is 1. The van der Waals surface area contributed by atoms with Crippen molar-refractivity contribution in [2.24, 2.45) is 5.92 Å². The van der Waals surface area contributed by atoms with Gasteiger partial charge in [-0.25, -0.2) is 4.98 Å². The van der Waals surface area contributed by atoms with E-state index in [1.165, 1.54) is 29.1 Å². The summed E-state index contributed by atoms with van der Waals surface area (Å²) in [4.78, 5) is 33.4. The molecule has 2 aliphatic heterocycles. The van der Waals surface area contributed by atoms with Crippen LogP contribution in [0.3, 0.4) is 0 Å². The first-order valence-electron chi connectivity index (χ1n) is 9.58. The average molecular weight is 397 g/mol. The molecule has 2 aromatic rings. The summed E-state index contributed by atoms with van der Waals surface area (Å²) in [6.07, 6.45) is 2.52. The normalized spacial score (nSPS) is 19.8.